The van der Waals surface area contributed by atoms with E-state index in [1.165, 1.54) is 0 Å². The summed E-state index contributed by atoms with van der Waals surface area (Å²) < 4.78 is 5.24. The highest BCUT2D eigenvalue weighted by Gasteiger charge is 2.32. The Labute approximate surface area is 105 Å². The van der Waals surface area contributed by atoms with Crippen LogP contribution < -0.4 is 0 Å². The minimum Gasteiger partial charge on any atom is -0.463 e. The molecule has 0 aromatic rings. The van der Waals surface area contributed by atoms with E-state index in [1.807, 2.05) is 27.7 Å². The van der Waals surface area contributed by atoms with E-state index in [1.54, 1.807) is 0 Å². The zero-order valence-corrected chi connectivity index (χ0v) is 11.3. The lowest BCUT2D eigenvalue weighted by Crippen LogP contribution is -2.48. The van der Waals surface area contributed by atoms with E-state index in [9.17, 15) is 4.79 Å². The van der Waals surface area contributed by atoms with E-state index in [-0.39, 0.29) is 23.5 Å². The van der Waals surface area contributed by atoms with Gasteiger partial charge in [0.1, 0.15) is 0 Å². The summed E-state index contributed by atoms with van der Waals surface area (Å²) in [5.41, 5.74) is -0.215. The van der Waals surface area contributed by atoms with Crippen molar-refractivity contribution < 1.29 is 9.53 Å². The third-order valence-electron chi connectivity index (χ3n) is 3.32. The largest absolute Gasteiger partial charge is 0.463 e. The lowest BCUT2D eigenvalue weighted by Gasteiger charge is -2.39. The lowest BCUT2D eigenvalue weighted by atomic mass is 9.92. The number of hydrogen-bond donors (Lipinski definition) is 0. The number of likely N-dealkylation sites (tertiary alicyclic amines) is 1. The van der Waals surface area contributed by atoms with Gasteiger partial charge in [-0.3, -0.25) is 9.69 Å². The molecule has 0 atom stereocenters. The molecule has 0 amide bonds. The molecule has 96 valence electrons. The topological polar surface area (TPSA) is 29.5 Å². The Balaban J connectivity index is 2.47. The van der Waals surface area contributed by atoms with Crippen LogP contribution in [0.4, 0.5) is 0 Å². The first kappa shape index (κ1) is 14.1. The third-order valence-corrected chi connectivity index (χ3v) is 3.32. The zero-order chi connectivity index (χ0) is 13.1. The molecule has 0 bridgehead atoms. The summed E-state index contributed by atoms with van der Waals surface area (Å²) in [5.74, 6) is 2.78. The molecule has 0 aliphatic carbocycles. The molecule has 3 heteroatoms. The Morgan fingerprint density at radius 2 is 1.94 bits per heavy atom. The molecule has 0 spiro atoms. The van der Waals surface area contributed by atoms with Crippen molar-refractivity contribution in [1.29, 1.82) is 0 Å². The molecule has 0 aromatic heterocycles. The second-order valence-electron chi connectivity index (χ2n) is 5.45. The van der Waals surface area contributed by atoms with Crippen LogP contribution in [0.15, 0.2) is 0 Å². The van der Waals surface area contributed by atoms with Crippen LogP contribution in [0.25, 0.3) is 0 Å². The van der Waals surface area contributed by atoms with Gasteiger partial charge in [-0.25, -0.2) is 0 Å². The second kappa shape index (κ2) is 5.55. The molecule has 1 aliphatic rings. The first-order chi connectivity index (χ1) is 7.86. The minimum absolute atomic E-state index is 0.0253. The van der Waals surface area contributed by atoms with E-state index in [0.29, 0.717) is 0 Å². The number of esters is 1. The molecule has 0 N–H and O–H groups in total. The Morgan fingerprint density at radius 3 is 2.35 bits per heavy atom. The second-order valence-corrected chi connectivity index (χ2v) is 5.45. The molecule has 0 radical (unpaired) electrons. The summed E-state index contributed by atoms with van der Waals surface area (Å²) in [5, 5.41) is 0. The standard InChI is InChI=1S/C14H23NO2/c1-6-14(4,5)15-9-7-12(8-10-15)13(16)17-11(2)3/h1,11-12H,7-10H2,2-5H3. The molecule has 1 saturated heterocycles. The number of carbonyl (C=O) groups is 1. The summed E-state index contributed by atoms with van der Waals surface area (Å²) in [6.45, 7) is 9.59. The van der Waals surface area contributed by atoms with Crippen molar-refractivity contribution >= 4 is 5.97 Å². The number of ether oxygens (including phenoxy) is 1. The Hall–Kier alpha value is -1.01. The van der Waals surface area contributed by atoms with Crippen LogP contribution in [-0.2, 0) is 9.53 Å². The molecule has 1 fully saturated rings. The number of piperidine rings is 1. The lowest BCUT2D eigenvalue weighted by molar-refractivity contribution is -0.154. The van der Waals surface area contributed by atoms with Gasteiger partial charge in [-0.15, -0.1) is 6.42 Å². The predicted octanol–water partition coefficient (Wildman–Crippen LogP) is 2.06. The molecule has 1 heterocycles. The van der Waals surface area contributed by atoms with Gasteiger partial charge in [0.05, 0.1) is 17.6 Å². The summed E-state index contributed by atoms with van der Waals surface area (Å²) >= 11 is 0. The van der Waals surface area contributed by atoms with E-state index in [2.05, 4.69) is 10.8 Å². The van der Waals surface area contributed by atoms with Crippen molar-refractivity contribution in [2.24, 2.45) is 5.92 Å². The van der Waals surface area contributed by atoms with Crippen molar-refractivity contribution in [3.63, 3.8) is 0 Å². The van der Waals surface area contributed by atoms with E-state index in [4.69, 9.17) is 11.2 Å². The molecule has 1 rings (SSSR count). The normalized spacial score (nSPS) is 19.1. The minimum atomic E-state index is -0.215. The number of carbonyl (C=O) groups excluding carboxylic acids is 1. The fraction of sp³-hybridized carbons (Fsp3) is 0.786. The summed E-state index contributed by atoms with van der Waals surface area (Å²) in [7, 11) is 0. The number of terminal acetylenes is 1. The Morgan fingerprint density at radius 1 is 1.41 bits per heavy atom. The molecular formula is C14H23NO2. The monoisotopic (exact) mass is 237 g/mol. The van der Waals surface area contributed by atoms with Crippen LogP contribution in [0.3, 0.4) is 0 Å². The molecule has 17 heavy (non-hydrogen) atoms. The highest BCUT2D eigenvalue weighted by molar-refractivity contribution is 5.72. The molecule has 0 saturated carbocycles. The van der Waals surface area contributed by atoms with Gasteiger partial charge in [-0.05, 0) is 40.5 Å². The van der Waals surface area contributed by atoms with Gasteiger partial charge in [0.15, 0.2) is 0 Å². The van der Waals surface area contributed by atoms with Crippen LogP contribution in [0, 0.1) is 18.3 Å². The number of rotatable bonds is 3. The van der Waals surface area contributed by atoms with Crippen LogP contribution in [0.5, 0.6) is 0 Å². The Kier molecular flexibility index (Phi) is 4.59. The molecular weight excluding hydrogens is 214 g/mol. The number of hydrogen-bond acceptors (Lipinski definition) is 3. The van der Waals surface area contributed by atoms with E-state index >= 15 is 0 Å². The average Bonchev–Trinajstić information content (AvgIpc) is 2.28. The van der Waals surface area contributed by atoms with Crippen molar-refractivity contribution in [3.05, 3.63) is 0 Å². The highest BCUT2D eigenvalue weighted by atomic mass is 16.5. The molecule has 1 aliphatic heterocycles. The van der Waals surface area contributed by atoms with Gasteiger partial charge >= 0.3 is 5.97 Å². The predicted molar refractivity (Wildman–Crippen MR) is 68.4 cm³/mol. The zero-order valence-electron chi connectivity index (χ0n) is 11.3. The van der Waals surface area contributed by atoms with E-state index < -0.39 is 0 Å². The molecule has 3 nitrogen and oxygen atoms in total. The van der Waals surface area contributed by atoms with Crippen molar-refractivity contribution in [2.45, 2.75) is 52.2 Å². The van der Waals surface area contributed by atoms with Crippen molar-refractivity contribution in [1.82, 2.24) is 4.90 Å². The highest BCUT2D eigenvalue weighted by Crippen LogP contribution is 2.24. The maximum absolute atomic E-state index is 11.8. The molecule has 0 unspecified atom stereocenters. The molecule has 0 aromatic carbocycles. The number of nitrogens with zero attached hydrogens (tertiary/aromatic N) is 1. The maximum atomic E-state index is 11.8. The van der Waals surface area contributed by atoms with Gasteiger partial charge in [0.25, 0.3) is 0 Å². The first-order valence-corrected chi connectivity index (χ1v) is 6.30. The average molecular weight is 237 g/mol. The van der Waals surface area contributed by atoms with E-state index in [0.717, 1.165) is 25.9 Å². The SMILES string of the molecule is C#CC(C)(C)N1CCC(C(=O)OC(C)C)CC1. The van der Waals surface area contributed by atoms with Crippen molar-refractivity contribution in [2.75, 3.05) is 13.1 Å². The van der Waals surface area contributed by atoms with Crippen molar-refractivity contribution in [3.8, 4) is 12.3 Å². The van der Waals surface area contributed by atoms with Gasteiger partial charge in [-0.2, -0.15) is 0 Å². The summed E-state index contributed by atoms with van der Waals surface area (Å²) in [4.78, 5) is 14.0. The van der Waals surface area contributed by atoms with Gasteiger partial charge < -0.3 is 4.74 Å². The first-order valence-electron chi connectivity index (χ1n) is 6.30. The van der Waals surface area contributed by atoms with Crippen LogP contribution in [0.1, 0.15) is 40.5 Å². The van der Waals surface area contributed by atoms with Crippen LogP contribution >= 0.6 is 0 Å². The quantitative estimate of drug-likeness (QED) is 0.556. The smallest absolute Gasteiger partial charge is 0.309 e. The fourth-order valence-corrected chi connectivity index (χ4v) is 2.09. The Bertz CT molecular complexity index is 307. The summed E-state index contributed by atoms with van der Waals surface area (Å²) in [6, 6.07) is 0. The fourth-order valence-electron chi connectivity index (χ4n) is 2.09. The third kappa shape index (κ3) is 3.74. The van der Waals surface area contributed by atoms with Gasteiger partial charge in [0.2, 0.25) is 0 Å². The van der Waals surface area contributed by atoms with Gasteiger partial charge in [0, 0.05) is 13.1 Å². The van der Waals surface area contributed by atoms with Crippen LogP contribution in [-0.4, -0.2) is 35.6 Å². The van der Waals surface area contributed by atoms with Gasteiger partial charge in [-0.1, -0.05) is 5.92 Å². The van der Waals surface area contributed by atoms with Crippen LogP contribution in [0.2, 0.25) is 0 Å². The maximum Gasteiger partial charge on any atom is 0.309 e. The summed E-state index contributed by atoms with van der Waals surface area (Å²) in [6.07, 6.45) is 7.18.